The van der Waals surface area contributed by atoms with E-state index in [2.05, 4.69) is 18.7 Å². The zero-order valence-corrected chi connectivity index (χ0v) is 12.7. The molecule has 1 aliphatic heterocycles. The van der Waals surface area contributed by atoms with Crippen molar-refractivity contribution in [3.8, 4) is 0 Å². The molecule has 1 aliphatic rings. The lowest BCUT2D eigenvalue weighted by atomic mass is 9.96. The van der Waals surface area contributed by atoms with Gasteiger partial charge < -0.3 is 9.47 Å². The maximum Gasteiger partial charge on any atom is 0.132 e. The molecule has 0 radical (unpaired) electrons. The molecular formula is C18H24O3. The number of hydrogen-bond acceptors (Lipinski definition) is 3. The van der Waals surface area contributed by atoms with Crippen molar-refractivity contribution in [2.24, 2.45) is 0 Å². The molecule has 1 heterocycles. The molecule has 0 N–H and O–H groups in total. The van der Waals surface area contributed by atoms with Gasteiger partial charge in [-0.3, -0.25) is 4.79 Å². The van der Waals surface area contributed by atoms with E-state index >= 15 is 0 Å². The van der Waals surface area contributed by atoms with Crippen molar-refractivity contribution in [3.05, 3.63) is 48.6 Å². The van der Waals surface area contributed by atoms with E-state index in [0.29, 0.717) is 13.0 Å². The van der Waals surface area contributed by atoms with E-state index in [-0.39, 0.29) is 24.1 Å². The van der Waals surface area contributed by atoms with Gasteiger partial charge in [0.1, 0.15) is 5.78 Å². The number of carbonyl (C=O) groups is 1. The SMILES string of the molecule is C=CC[C@@H]1CC(OCc2ccccc2)CC(CC(C)=O)O1. The Morgan fingerprint density at radius 1 is 1.33 bits per heavy atom. The third kappa shape index (κ3) is 5.44. The van der Waals surface area contributed by atoms with Crippen LogP contribution in [-0.2, 0) is 20.9 Å². The van der Waals surface area contributed by atoms with E-state index in [0.717, 1.165) is 19.3 Å². The highest BCUT2D eigenvalue weighted by atomic mass is 16.5. The Hall–Kier alpha value is -1.45. The van der Waals surface area contributed by atoms with Gasteiger partial charge in [0.15, 0.2) is 0 Å². The summed E-state index contributed by atoms with van der Waals surface area (Å²) in [6.07, 6.45) is 5.04. The fourth-order valence-electron chi connectivity index (χ4n) is 2.78. The Labute approximate surface area is 127 Å². The van der Waals surface area contributed by atoms with Gasteiger partial charge in [0.25, 0.3) is 0 Å². The predicted molar refractivity (Wildman–Crippen MR) is 83.0 cm³/mol. The normalized spacial score (nSPS) is 25.5. The van der Waals surface area contributed by atoms with Crippen LogP contribution in [0, 0.1) is 0 Å². The van der Waals surface area contributed by atoms with Crippen molar-refractivity contribution >= 4 is 5.78 Å². The van der Waals surface area contributed by atoms with Gasteiger partial charge in [-0.25, -0.2) is 0 Å². The number of hydrogen-bond donors (Lipinski definition) is 0. The first-order valence-corrected chi connectivity index (χ1v) is 7.58. The smallest absolute Gasteiger partial charge is 0.132 e. The van der Waals surface area contributed by atoms with Crippen LogP contribution in [0.2, 0.25) is 0 Å². The topological polar surface area (TPSA) is 35.5 Å². The van der Waals surface area contributed by atoms with Crippen LogP contribution >= 0.6 is 0 Å². The lowest BCUT2D eigenvalue weighted by Gasteiger charge is -2.34. The van der Waals surface area contributed by atoms with Gasteiger partial charge in [-0.05, 0) is 18.9 Å². The van der Waals surface area contributed by atoms with Gasteiger partial charge in [-0.15, -0.1) is 6.58 Å². The Morgan fingerprint density at radius 3 is 2.71 bits per heavy atom. The second-order valence-electron chi connectivity index (χ2n) is 5.70. The predicted octanol–water partition coefficient (Wildman–Crippen LogP) is 3.67. The molecular weight excluding hydrogens is 264 g/mol. The van der Waals surface area contributed by atoms with Crippen molar-refractivity contribution in [2.75, 3.05) is 0 Å². The first-order chi connectivity index (χ1) is 10.2. The van der Waals surface area contributed by atoms with Crippen molar-refractivity contribution in [2.45, 2.75) is 57.5 Å². The highest BCUT2D eigenvalue weighted by molar-refractivity contribution is 5.75. The summed E-state index contributed by atoms with van der Waals surface area (Å²) in [5, 5.41) is 0. The van der Waals surface area contributed by atoms with Crippen molar-refractivity contribution < 1.29 is 14.3 Å². The summed E-state index contributed by atoms with van der Waals surface area (Å²) in [5.41, 5.74) is 1.17. The zero-order chi connectivity index (χ0) is 15.1. The number of rotatable bonds is 7. The molecule has 0 aliphatic carbocycles. The first-order valence-electron chi connectivity index (χ1n) is 7.58. The average Bonchev–Trinajstić information content (AvgIpc) is 2.46. The molecule has 114 valence electrons. The first kappa shape index (κ1) is 15.9. The molecule has 1 aromatic rings. The van der Waals surface area contributed by atoms with Gasteiger partial charge in [0, 0.05) is 19.3 Å². The molecule has 0 saturated carbocycles. The molecule has 0 amide bonds. The summed E-state index contributed by atoms with van der Waals surface area (Å²) in [6, 6.07) is 10.2. The number of ketones is 1. The standard InChI is InChI=1S/C18H24O3/c1-3-7-16-11-17(12-18(21-16)10-14(2)19)20-13-15-8-5-4-6-9-15/h3-6,8-9,16-18H,1,7,10-13H2,2H3/t16-,17?,18?/m1/s1. The molecule has 3 nitrogen and oxygen atoms in total. The van der Waals surface area contributed by atoms with Gasteiger partial charge in [0.05, 0.1) is 24.9 Å². The van der Waals surface area contributed by atoms with Crippen molar-refractivity contribution in [1.29, 1.82) is 0 Å². The average molecular weight is 288 g/mol. The molecule has 2 unspecified atom stereocenters. The minimum absolute atomic E-state index is 0.0260. The highest BCUT2D eigenvalue weighted by Gasteiger charge is 2.30. The van der Waals surface area contributed by atoms with E-state index < -0.39 is 0 Å². The van der Waals surface area contributed by atoms with Crippen LogP contribution in [0.3, 0.4) is 0 Å². The van der Waals surface area contributed by atoms with Gasteiger partial charge in [-0.1, -0.05) is 36.4 Å². The molecule has 0 spiro atoms. The van der Waals surface area contributed by atoms with E-state index in [1.165, 1.54) is 5.56 Å². The fourth-order valence-corrected chi connectivity index (χ4v) is 2.78. The zero-order valence-electron chi connectivity index (χ0n) is 12.7. The maximum absolute atomic E-state index is 11.3. The van der Waals surface area contributed by atoms with Crippen LogP contribution < -0.4 is 0 Å². The molecule has 1 saturated heterocycles. The minimum Gasteiger partial charge on any atom is -0.374 e. The molecule has 1 aromatic carbocycles. The monoisotopic (exact) mass is 288 g/mol. The molecule has 3 heteroatoms. The Bertz CT molecular complexity index is 455. The van der Waals surface area contributed by atoms with E-state index in [1.54, 1.807) is 6.92 Å². The summed E-state index contributed by atoms with van der Waals surface area (Å²) in [7, 11) is 0. The van der Waals surface area contributed by atoms with Crippen molar-refractivity contribution in [1.82, 2.24) is 0 Å². The van der Waals surface area contributed by atoms with Gasteiger partial charge in [-0.2, -0.15) is 0 Å². The van der Waals surface area contributed by atoms with Gasteiger partial charge in [0.2, 0.25) is 0 Å². The molecule has 1 fully saturated rings. The summed E-state index contributed by atoms with van der Waals surface area (Å²) >= 11 is 0. The van der Waals surface area contributed by atoms with Crippen molar-refractivity contribution in [3.63, 3.8) is 0 Å². The molecule has 3 atom stereocenters. The van der Waals surface area contributed by atoms with Crippen LogP contribution in [0.5, 0.6) is 0 Å². The third-order valence-electron chi connectivity index (χ3n) is 3.71. The summed E-state index contributed by atoms with van der Waals surface area (Å²) in [5.74, 6) is 0.168. The molecule has 0 bridgehead atoms. The summed E-state index contributed by atoms with van der Waals surface area (Å²) < 4.78 is 12.0. The number of Topliss-reactive ketones (excluding diaryl/α,β-unsaturated/α-hetero) is 1. The molecule has 21 heavy (non-hydrogen) atoms. The van der Waals surface area contributed by atoms with Crippen LogP contribution in [0.25, 0.3) is 0 Å². The second-order valence-corrected chi connectivity index (χ2v) is 5.70. The highest BCUT2D eigenvalue weighted by Crippen LogP contribution is 2.27. The Balaban J connectivity index is 1.90. The van der Waals surface area contributed by atoms with E-state index in [4.69, 9.17) is 9.47 Å². The summed E-state index contributed by atoms with van der Waals surface area (Å²) in [6.45, 7) is 5.99. The van der Waals surface area contributed by atoms with Crippen LogP contribution in [0.15, 0.2) is 43.0 Å². The van der Waals surface area contributed by atoms with Crippen LogP contribution in [0.1, 0.15) is 38.2 Å². The lowest BCUT2D eigenvalue weighted by molar-refractivity contribution is -0.134. The van der Waals surface area contributed by atoms with Crippen LogP contribution in [-0.4, -0.2) is 24.1 Å². The third-order valence-corrected chi connectivity index (χ3v) is 3.71. The number of carbonyl (C=O) groups excluding carboxylic acids is 1. The van der Waals surface area contributed by atoms with Gasteiger partial charge >= 0.3 is 0 Å². The molecule has 0 aromatic heterocycles. The number of ether oxygens (including phenoxy) is 2. The Morgan fingerprint density at radius 2 is 2.05 bits per heavy atom. The Kier molecular flexibility index (Phi) is 6.15. The molecule has 2 rings (SSSR count). The largest absolute Gasteiger partial charge is 0.374 e. The summed E-state index contributed by atoms with van der Waals surface area (Å²) in [4.78, 5) is 11.3. The second kappa shape index (κ2) is 8.11. The fraction of sp³-hybridized carbons (Fsp3) is 0.500. The van der Waals surface area contributed by atoms with E-state index in [1.807, 2.05) is 24.3 Å². The minimum atomic E-state index is -0.0260. The lowest BCUT2D eigenvalue weighted by Crippen LogP contribution is -2.37. The number of benzene rings is 1. The van der Waals surface area contributed by atoms with E-state index in [9.17, 15) is 4.79 Å². The van der Waals surface area contributed by atoms with Crippen LogP contribution in [0.4, 0.5) is 0 Å². The maximum atomic E-state index is 11.3. The quantitative estimate of drug-likeness (QED) is 0.718.